The van der Waals surface area contributed by atoms with Crippen molar-refractivity contribution in [2.24, 2.45) is 10.7 Å². The molecule has 0 fully saturated rings. The molecule has 1 aliphatic carbocycles. The Morgan fingerprint density at radius 3 is 2.90 bits per heavy atom. The second-order valence-electron chi connectivity index (χ2n) is 4.60. The fourth-order valence-electron chi connectivity index (χ4n) is 2.19. The van der Waals surface area contributed by atoms with Gasteiger partial charge in [0.1, 0.15) is 13.1 Å². The maximum atomic E-state index is 11.3. The maximum Gasteiger partial charge on any atom is 0.242 e. The molecule has 0 aromatic heterocycles. The third-order valence-electron chi connectivity index (χ3n) is 3.13. The lowest BCUT2D eigenvalue weighted by Crippen LogP contribution is -2.29. The normalized spacial score (nSPS) is 12.8. The van der Waals surface area contributed by atoms with Crippen LogP contribution in [0.3, 0.4) is 0 Å². The number of nitriles is 1. The van der Waals surface area contributed by atoms with Crippen molar-refractivity contribution < 1.29 is 4.79 Å². The monoisotopic (exact) mass is 399 g/mol. The Morgan fingerprint density at radius 1 is 1.38 bits per heavy atom. The summed E-state index contributed by atoms with van der Waals surface area (Å²) in [6.07, 6.45) is 3.43. The average molecular weight is 399 g/mol. The minimum Gasteiger partial charge on any atom is -0.370 e. The van der Waals surface area contributed by atoms with Gasteiger partial charge in [-0.15, -0.1) is 24.0 Å². The largest absolute Gasteiger partial charge is 0.370 e. The lowest BCUT2D eigenvalue weighted by Gasteiger charge is -2.07. The first-order chi connectivity index (χ1) is 9.69. The van der Waals surface area contributed by atoms with Crippen molar-refractivity contribution in [3.63, 3.8) is 0 Å². The number of carbonyl (C=O) groups is 1. The Bertz CT molecular complexity index is 579. The number of nitrogens with zero attached hydrogens (tertiary/aromatic N) is 2. The van der Waals surface area contributed by atoms with Crippen LogP contribution >= 0.6 is 24.0 Å². The van der Waals surface area contributed by atoms with Gasteiger partial charge in [0.05, 0.1) is 6.07 Å². The first-order valence-corrected chi connectivity index (χ1v) is 6.51. The molecule has 0 heterocycles. The van der Waals surface area contributed by atoms with E-state index >= 15 is 0 Å². The SMILES string of the molecule is I.N#CCNC(=O)CN=C(N)Nc1ccc2c(c1)CCC2. The van der Waals surface area contributed by atoms with Gasteiger partial charge in [0, 0.05) is 5.69 Å². The average Bonchev–Trinajstić information content (AvgIpc) is 2.90. The Morgan fingerprint density at radius 2 is 2.14 bits per heavy atom. The van der Waals surface area contributed by atoms with E-state index < -0.39 is 0 Å². The van der Waals surface area contributed by atoms with Gasteiger partial charge in [0.25, 0.3) is 0 Å². The molecule has 0 saturated heterocycles. The number of rotatable bonds is 4. The lowest BCUT2D eigenvalue weighted by atomic mass is 10.1. The van der Waals surface area contributed by atoms with E-state index in [0.717, 1.165) is 18.5 Å². The molecule has 0 bridgehead atoms. The summed E-state index contributed by atoms with van der Waals surface area (Å²) in [7, 11) is 0. The molecule has 0 unspecified atom stereocenters. The van der Waals surface area contributed by atoms with E-state index in [1.165, 1.54) is 17.5 Å². The highest BCUT2D eigenvalue weighted by molar-refractivity contribution is 14.0. The van der Waals surface area contributed by atoms with Crippen molar-refractivity contribution >= 4 is 41.5 Å². The summed E-state index contributed by atoms with van der Waals surface area (Å²) in [5.41, 5.74) is 9.33. The van der Waals surface area contributed by atoms with Crippen LogP contribution in [0.15, 0.2) is 23.2 Å². The van der Waals surface area contributed by atoms with Gasteiger partial charge < -0.3 is 16.4 Å². The van der Waals surface area contributed by atoms with Crippen molar-refractivity contribution in [2.45, 2.75) is 19.3 Å². The highest BCUT2D eigenvalue weighted by atomic mass is 127. The zero-order valence-electron chi connectivity index (χ0n) is 11.6. The smallest absolute Gasteiger partial charge is 0.242 e. The van der Waals surface area contributed by atoms with E-state index in [0.29, 0.717) is 0 Å². The van der Waals surface area contributed by atoms with Crippen LogP contribution in [0.25, 0.3) is 0 Å². The van der Waals surface area contributed by atoms with E-state index in [-0.39, 0.29) is 48.9 Å². The van der Waals surface area contributed by atoms with Crippen molar-refractivity contribution in [1.82, 2.24) is 5.32 Å². The molecule has 21 heavy (non-hydrogen) atoms. The van der Waals surface area contributed by atoms with E-state index in [9.17, 15) is 4.79 Å². The Labute approximate surface area is 140 Å². The summed E-state index contributed by atoms with van der Waals surface area (Å²) in [5, 5.41) is 13.7. The highest BCUT2D eigenvalue weighted by Crippen LogP contribution is 2.24. The van der Waals surface area contributed by atoms with Gasteiger partial charge in [0.15, 0.2) is 5.96 Å². The number of aryl methyl sites for hydroxylation is 2. The number of carbonyl (C=O) groups excluding carboxylic acids is 1. The molecule has 1 aromatic rings. The molecular formula is C14H18IN5O. The fraction of sp³-hybridized carbons (Fsp3) is 0.357. The molecule has 1 aliphatic rings. The predicted octanol–water partition coefficient (Wildman–Crippen LogP) is 1.16. The molecule has 0 aliphatic heterocycles. The Hall–Kier alpha value is -1.82. The molecule has 0 spiro atoms. The molecule has 6 nitrogen and oxygen atoms in total. The van der Waals surface area contributed by atoms with E-state index in [1.54, 1.807) is 0 Å². The molecule has 0 radical (unpaired) electrons. The number of aliphatic imine (C=N–C) groups is 1. The van der Waals surface area contributed by atoms with Crippen molar-refractivity contribution in [1.29, 1.82) is 5.26 Å². The number of anilines is 1. The van der Waals surface area contributed by atoms with E-state index in [2.05, 4.69) is 27.8 Å². The number of hydrogen-bond acceptors (Lipinski definition) is 3. The molecule has 1 amide bonds. The van der Waals surface area contributed by atoms with Gasteiger partial charge in [-0.3, -0.25) is 4.79 Å². The third-order valence-corrected chi connectivity index (χ3v) is 3.13. The van der Waals surface area contributed by atoms with Crippen molar-refractivity contribution in [3.05, 3.63) is 29.3 Å². The number of fused-ring (bicyclic) bond motifs is 1. The van der Waals surface area contributed by atoms with Crippen LogP contribution in [0.4, 0.5) is 5.69 Å². The molecule has 0 saturated carbocycles. The summed E-state index contributed by atoms with van der Waals surface area (Å²) in [6, 6.07) is 7.95. The fourth-order valence-corrected chi connectivity index (χ4v) is 2.19. The molecule has 4 N–H and O–H groups in total. The lowest BCUT2D eigenvalue weighted by molar-refractivity contribution is -0.119. The summed E-state index contributed by atoms with van der Waals surface area (Å²) < 4.78 is 0. The van der Waals surface area contributed by atoms with E-state index in [1.807, 2.05) is 12.1 Å². The Kier molecular flexibility index (Phi) is 6.94. The van der Waals surface area contributed by atoms with Crippen molar-refractivity contribution in [2.75, 3.05) is 18.4 Å². The van der Waals surface area contributed by atoms with Gasteiger partial charge >= 0.3 is 0 Å². The van der Waals surface area contributed by atoms with Crippen LogP contribution in [-0.2, 0) is 17.6 Å². The number of hydrogen-bond donors (Lipinski definition) is 3. The minimum atomic E-state index is -0.328. The van der Waals surface area contributed by atoms with Crippen LogP contribution in [0.1, 0.15) is 17.5 Å². The maximum absolute atomic E-state index is 11.3. The van der Waals surface area contributed by atoms with Crippen LogP contribution in [-0.4, -0.2) is 25.0 Å². The van der Waals surface area contributed by atoms with Gasteiger partial charge in [-0.25, -0.2) is 4.99 Å². The highest BCUT2D eigenvalue weighted by Gasteiger charge is 2.10. The number of halogens is 1. The summed E-state index contributed by atoms with van der Waals surface area (Å²) in [5.74, 6) is -0.139. The number of amides is 1. The summed E-state index contributed by atoms with van der Waals surface area (Å²) in [4.78, 5) is 15.2. The Balaban J connectivity index is 0.00000220. The summed E-state index contributed by atoms with van der Waals surface area (Å²) >= 11 is 0. The predicted molar refractivity (Wildman–Crippen MR) is 92.6 cm³/mol. The van der Waals surface area contributed by atoms with Gasteiger partial charge in [-0.2, -0.15) is 5.26 Å². The van der Waals surface area contributed by atoms with Crippen LogP contribution in [0, 0.1) is 11.3 Å². The second kappa shape index (κ2) is 8.46. The van der Waals surface area contributed by atoms with Crippen LogP contribution < -0.4 is 16.4 Å². The number of nitrogens with one attached hydrogen (secondary N) is 2. The van der Waals surface area contributed by atoms with Gasteiger partial charge in [-0.1, -0.05) is 6.07 Å². The topological polar surface area (TPSA) is 103 Å². The standard InChI is InChI=1S/C14H17N5O.HI/c15-6-7-17-13(20)9-18-14(16)19-12-5-4-10-2-1-3-11(10)8-12;/h4-5,8H,1-3,7,9H2,(H,17,20)(H3,16,18,19);1H. The zero-order valence-corrected chi connectivity index (χ0v) is 13.9. The first kappa shape index (κ1) is 17.2. The van der Waals surface area contributed by atoms with Crippen molar-refractivity contribution in [3.8, 4) is 6.07 Å². The van der Waals surface area contributed by atoms with Gasteiger partial charge in [0.2, 0.25) is 5.91 Å². The van der Waals surface area contributed by atoms with Crippen LogP contribution in [0.2, 0.25) is 0 Å². The number of benzene rings is 1. The molecular weight excluding hydrogens is 381 g/mol. The third kappa shape index (κ3) is 5.23. The number of guanidine groups is 1. The number of nitrogens with two attached hydrogens (primary N) is 1. The molecule has 7 heteroatoms. The molecule has 1 aromatic carbocycles. The second-order valence-corrected chi connectivity index (χ2v) is 4.60. The zero-order chi connectivity index (χ0) is 14.4. The molecule has 2 rings (SSSR count). The minimum absolute atomic E-state index is 0. The first-order valence-electron chi connectivity index (χ1n) is 6.51. The van der Waals surface area contributed by atoms with Gasteiger partial charge in [-0.05, 0) is 42.5 Å². The molecule has 112 valence electrons. The van der Waals surface area contributed by atoms with Crippen LogP contribution in [0.5, 0.6) is 0 Å². The van der Waals surface area contributed by atoms with E-state index in [4.69, 9.17) is 11.0 Å². The quantitative estimate of drug-likeness (QED) is 0.306. The molecule has 0 atom stereocenters. The summed E-state index contributed by atoms with van der Waals surface area (Å²) in [6.45, 7) is -0.113.